The molecule has 1 aromatic carbocycles. The van der Waals surface area contributed by atoms with Gasteiger partial charge in [-0.3, -0.25) is 4.79 Å². The van der Waals surface area contributed by atoms with Crippen LogP contribution in [0.1, 0.15) is 31.1 Å². The Bertz CT molecular complexity index is 664. The molecule has 0 aromatic heterocycles. The van der Waals surface area contributed by atoms with Crippen molar-refractivity contribution in [1.82, 2.24) is 0 Å². The summed E-state index contributed by atoms with van der Waals surface area (Å²) in [5, 5.41) is 11.6. The average molecular weight is 313 g/mol. The lowest BCUT2D eigenvalue weighted by Crippen LogP contribution is -2.24. The van der Waals surface area contributed by atoms with Crippen LogP contribution in [0.5, 0.6) is 0 Å². The van der Waals surface area contributed by atoms with Gasteiger partial charge in [0.25, 0.3) is 0 Å². The fraction of sp³-hybridized carbons (Fsp3) is 0.429. The van der Waals surface area contributed by atoms with Crippen molar-refractivity contribution in [2.75, 3.05) is 11.6 Å². The van der Waals surface area contributed by atoms with Gasteiger partial charge >= 0.3 is 5.97 Å². The first kappa shape index (κ1) is 17.2. The molecule has 2 N–H and O–H groups in total. The molecule has 0 saturated carbocycles. The number of hydrogen-bond acceptors (Lipinski definition) is 4. The van der Waals surface area contributed by atoms with Crippen LogP contribution in [0.2, 0.25) is 0 Å². The lowest BCUT2D eigenvalue weighted by atomic mass is 9.97. The van der Waals surface area contributed by atoms with E-state index in [4.69, 9.17) is 5.11 Å². The van der Waals surface area contributed by atoms with Crippen LogP contribution in [-0.2, 0) is 14.6 Å². The number of aromatic carboxylic acids is 1. The van der Waals surface area contributed by atoms with Crippen molar-refractivity contribution >= 4 is 27.4 Å². The highest BCUT2D eigenvalue weighted by Crippen LogP contribution is 2.21. The largest absolute Gasteiger partial charge is 0.478 e. The zero-order valence-corrected chi connectivity index (χ0v) is 13.2. The van der Waals surface area contributed by atoms with Crippen molar-refractivity contribution in [2.24, 2.45) is 11.8 Å². The Labute approximate surface area is 124 Å². The smallest absolute Gasteiger partial charge is 0.335 e. The van der Waals surface area contributed by atoms with Crippen molar-refractivity contribution < 1.29 is 23.1 Å². The zero-order valence-electron chi connectivity index (χ0n) is 12.4. The maximum absolute atomic E-state index is 12.0. The van der Waals surface area contributed by atoms with Crippen LogP contribution in [0.3, 0.4) is 0 Å². The summed E-state index contributed by atoms with van der Waals surface area (Å²) in [6.45, 7) is 5.53. The third-order valence-corrected chi connectivity index (χ3v) is 4.35. The fourth-order valence-corrected chi connectivity index (χ4v) is 2.25. The van der Waals surface area contributed by atoms with Gasteiger partial charge in [0.15, 0.2) is 9.84 Å². The minimum absolute atomic E-state index is 0.113. The summed E-state index contributed by atoms with van der Waals surface area (Å²) in [5.41, 5.74) is -0.0294. The van der Waals surface area contributed by atoms with Crippen molar-refractivity contribution in [2.45, 2.75) is 25.7 Å². The predicted molar refractivity (Wildman–Crippen MR) is 79.1 cm³/mol. The van der Waals surface area contributed by atoms with Crippen LogP contribution in [0.15, 0.2) is 23.1 Å². The number of carboxylic acids is 1. The Morgan fingerprint density at radius 2 is 1.71 bits per heavy atom. The maximum Gasteiger partial charge on any atom is 0.335 e. The molecular formula is C14H19NO5S. The quantitative estimate of drug-likeness (QED) is 0.866. The Morgan fingerprint density at radius 3 is 2.14 bits per heavy atom. The van der Waals surface area contributed by atoms with Crippen LogP contribution >= 0.6 is 0 Å². The van der Waals surface area contributed by atoms with Gasteiger partial charge in [-0.05, 0) is 24.1 Å². The van der Waals surface area contributed by atoms with Crippen LogP contribution in [0.4, 0.5) is 5.69 Å². The number of benzene rings is 1. The molecule has 7 heteroatoms. The molecule has 0 fully saturated rings. The van der Waals surface area contributed by atoms with Gasteiger partial charge < -0.3 is 10.4 Å². The van der Waals surface area contributed by atoms with Crippen LogP contribution in [-0.4, -0.2) is 31.7 Å². The summed E-state index contributed by atoms with van der Waals surface area (Å²) < 4.78 is 23.2. The molecule has 1 rings (SSSR count). The van der Waals surface area contributed by atoms with Gasteiger partial charge in [-0.1, -0.05) is 20.8 Å². The first-order valence-electron chi connectivity index (χ1n) is 6.41. The topological polar surface area (TPSA) is 101 Å². The molecule has 0 saturated heterocycles. The third kappa shape index (κ3) is 4.56. The minimum Gasteiger partial charge on any atom is -0.478 e. The first-order valence-corrected chi connectivity index (χ1v) is 8.31. The van der Waals surface area contributed by atoms with E-state index in [-0.39, 0.29) is 33.9 Å². The van der Waals surface area contributed by atoms with Gasteiger partial charge in [-0.15, -0.1) is 0 Å². The second-order valence-corrected chi connectivity index (χ2v) is 7.36. The second-order valence-electron chi connectivity index (χ2n) is 5.35. The molecule has 0 radical (unpaired) electrons. The maximum atomic E-state index is 12.0. The summed E-state index contributed by atoms with van der Waals surface area (Å²) in [7, 11) is -3.57. The highest BCUT2D eigenvalue weighted by Gasteiger charge is 2.19. The number of rotatable bonds is 5. The number of sulfone groups is 1. The van der Waals surface area contributed by atoms with Gasteiger partial charge in [0, 0.05) is 17.9 Å². The number of hydrogen-bond donors (Lipinski definition) is 2. The third-order valence-electron chi connectivity index (χ3n) is 3.26. The average Bonchev–Trinajstić information content (AvgIpc) is 2.36. The molecule has 21 heavy (non-hydrogen) atoms. The van der Waals surface area contributed by atoms with Crippen molar-refractivity contribution in [1.29, 1.82) is 0 Å². The monoisotopic (exact) mass is 313 g/mol. The summed E-state index contributed by atoms with van der Waals surface area (Å²) >= 11 is 0. The molecule has 1 aromatic rings. The predicted octanol–water partition coefficient (Wildman–Crippen LogP) is 2.02. The van der Waals surface area contributed by atoms with Gasteiger partial charge in [0.2, 0.25) is 5.91 Å². The van der Waals surface area contributed by atoms with Crippen LogP contribution in [0, 0.1) is 11.8 Å². The molecule has 0 aliphatic carbocycles. The molecule has 0 aliphatic rings. The highest BCUT2D eigenvalue weighted by molar-refractivity contribution is 7.90. The molecule has 1 atom stereocenters. The van der Waals surface area contributed by atoms with E-state index >= 15 is 0 Å². The number of carbonyl (C=O) groups is 2. The standard InChI is InChI=1S/C14H19NO5S/c1-8(2)9(3)13(16)15-11-5-10(14(17)18)6-12(7-11)21(4,19)20/h5-9H,1-4H3,(H,15,16)(H,17,18). The Balaban J connectivity index is 3.21. The van der Waals surface area contributed by atoms with Crippen LogP contribution < -0.4 is 5.32 Å². The van der Waals surface area contributed by atoms with Crippen molar-refractivity contribution in [3.8, 4) is 0 Å². The lowest BCUT2D eigenvalue weighted by Gasteiger charge is -2.16. The van der Waals surface area contributed by atoms with Gasteiger partial charge in [-0.2, -0.15) is 0 Å². The van der Waals surface area contributed by atoms with E-state index in [1.165, 1.54) is 12.1 Å². The molecule has 1 amide bonds. The highest BCUT2D eigenvalue weighted by atomic mass is 32.2. The van der Waals surface area contributed by atoms with E-state index in [1.54, 1.807) is 6.92 Å². The van der Waals surface area contributed by atoms with Gasteiger partial charge in [-0.25, -0.2) is 13.2 Å². The summed E-state index contributed by atoms with van der Waals surface area (Å²) in [6.07, 6.45) is 0.982. The van der Waals surface area contributed by atoms with Gasteiger partial charge in [0.05, 0.1) is 10.5 Å². The van der Waals surface area contributed by atoms with Crippen LogP contribution in [0.25, 0.3) is 0 Å². The number of amides is 1. The Morgan fingerprint density at radius 1 is 1.14 bits per heavy atom. The van der Waals surface area contributed by atoms with E-state index < -0.39 is 15.8 Å². The summed E-state index contributed by atoms with van der Waals surface area (Å²) in [4.78, 5) is 22.9. The summed E-state index contributed by atoms with van der Waals surface area (Å²) in [6, 6.07) is 3.56. The Kier molecular flexibility index (Phi) is 5.11. The molecule has 0 heterocycles. The molecular weight excluding hydrogens is 294 g/mol. The summed E-state index contributed by atoms with van der Waals surface area (Å²) in [5.74, 6) is -1.71. The molecule has 0 spiro atoms. The SMILES string of the molecule is CC(C)C(C)C(=O)Nc1cc(C(=O)O)cc(S(C)(=O)=O)c1. The van der Waals surface area contributed by atoms with Gasteiger partial charge in [0.1, 0.15) is 0 Å². The minimum atomic E-state index is -3.57. The second kappa shape index (κ2) is 6.26. The van der Waals surface area contributed by atoms with Crippen molar-refractivity contribution in [3.05, 3.63) is 23.8 Å². The van der Waals surface area contributed by atoms with E-state index in [1.807, 2.05) is 13.8 Å². The number of anilines is 1. The molecule has 0 bridgehead atoms. The molecule has 116 valence electrons. The fourth-order valence-electron chi connectivity index (χ4n) is 1.57. The first-order chi connectivity index (χ1) is 9.52. The number of carboxylic acid groups (broad SMARTS) is 1. The Hall–Kier alpha value is -1.89. The van der Waals surface area contributed by atoms with E-state index in [0.717, 1.165) is 12.3 Å². The lowest BCUT2D eigenvalue weighted by molar-refractivity contribution is -0.120. The van der Waals surface area contributed by atoms with E-state index in [2.05, 4.69) is 5.32 Å². The molecule has 0 aliphatic heterocycles. The van der Waals surface area contributed by atoms with Crippen molar-refractivity contribution in [3.63, 3.8) is 0 Å². The van der Waals surface area contributed by atoms with E-state index in [0.29, 0.717) is 0 Å². The van der Waals surface area contributed by atoms with E-state index in [9.17, 15) is 18.0 Å². The normalized spacial score (nSPS) is 13.0. The zero-order chi connectivity index (χ0) is 16.4. The number of nitrogens with one attached hydrogen (secondary N) is 1. The molecule has 1 unspecified atom stereocenters. The molecule has 6 nitrogen and oxygen atoms in total. The number of carbonyl (C=O) groups excluding carboxylic acids is 1.